The van der Waals surface area contributed by atoms with Crippen molar-refractivity contribution in [1.29, 1.82) is 0 Å². The average molecular weight is 239 g/mol. The summed E-state index contributed by atoms with van der Waals surface area (Å²) in [6.45, 7) is 5.34. The molecule has 0 aliphatic heterocycles. The van der Waals surface area contributed by atoms with E-state index in [1.165, 1.54) is 0 Å². The van der Waals surface area contributed by atoms with Crippen molar-refractivity contribution in [3.05, 3.63) is 11.9 Å². The van der Waals surface area contributed by atoms with Gasteiger partial charge < -0.3 is 16.0 Å². The predicted octanol–water partition coefficient (Wildman–Crippen LogP) is 0.338. The topological polar surface area (TPSA) is 76.2 Å². The van der Waals surface area contributed by atoms with Crippen LogP contribution < -0.4 is 11.1 Å². The van der Waals surface area contributed by atoms with Crippen molar-refractivity contribution in [3.8, 4) is 0 Å². The molecule has 0 spiro atoms. The summed E-state index contributed by atoms with van der Waals surface area (Å²) < 4.78 is 1.69. The first-order valence-electron chi connectivity index (χ1n) is 5.69. The highest BCUT2D eigenvalue weighted by atomic mass is 16.2. The molecule has 1 rings (SSSR count). The molecule has 0 saturated carbocycles. The molecule has 1 heterocycles. The molecular weight excluding hydrogens is 218 g/mol. The van der Waals surface area contributed by atoms with Gasteiger partial charge in [0, 0.05) is 25.3 Å². The second-order valence-electron chi connectivity index (χ2n) is 4.57. The summed E-state index contributed by atoms with van der Waals surface area (Å²) >= 11 is 0. The minimum atomic E-state index is -0.219. The van der Waals surface area contributed by atoms with E-state index in [9.17, 15) is 4.79 Å². The average Bonchev–Trinajstić information content (AvgIpc) is 2.59. The number of carbonyl (C=O) groups excluding carboxylic acids is 1. The monoisotopic (exact) mass is 239 g/mol. The van der Waals surface area contributed by atoms with Gasteiger partial charge in [-0.1, -0.05) is 0 Å². The number of nitrogens with two attached hydrogens (primary N) is 1. The van der Waals surface area contributed by atoms with Crippen LogP contribution in [-0.2, 0) is 0 Å². The third-order valence-electron chi connectivity index (χ3n) is 2.35. The summed E-state index contributed by atoms with van der Waals surface area (Å²) in [5, 5.41) is 6.96. The van der Waals surface area contributed by atoms with E-state index >= 15 is 0 Å². The van der Waals surface area contributed by atoms with Crippen LogP contribution in [0.2, 0.25) is 0 Å². The Morgan fingerprint density at radius 1 is 1.59 bits per heavy atom. The summed E-state index contributed by atoms with van der Waals surface area (Å²) in [6, 6.07) is 0.195. The molecule has 0 radical (unpaired) electrons. The Hall–Kier alpha value is -1.56. The first kappa shape index (κ1) is 13.5. The zero-order valence-corrected chi connectivity index (χ0v) is 10.9. The quantitative estimate of drug-likeness (QED) is 0.776. The molecule has 0 saturated heterocycles. The second kappa shape index (κ2) is 5.67. The highest BCUT2D eigenvalue weighted by molar-refractivity contribution is 5.96. The molecule has 3 N–H and O–H groups in total. The van der Waals surface area contributed by atoms with Crippen molar-refractivity contribution in [2.45, 2.75) is 19.9 Å². The van der Waals surface area contributed by atoms with Crippen LogP contribution in [0.15, 0.2) is 6.20 Å². The number of nitrogen functional groups attached to an aromatic ring is 1. The van der Waals surface area contributed by atoms with Crippen LogP contribution in [0.1, 0.15) is 30.4 Å². The first-order chi connectivity index (χ1) is 7.91. The molecule has 1 amide bonds. The molecule has 0 aliphatic carbocycles. The zero-order chi connectivity index (χ0) is 13.0. The minimum Gasteiger partial charge on any atom is -0.396 e. The SMILES string of the molecule is CC(C)n1cc(N)c(C(=O)NCCN(C)C)n1. The molecule has 17 heavy (non-hydrogen) atoms. The van der Waals surface area contributed by atoms with Crippen molar-refractivity contribution in [2.24, 2.45) is 0 Å². The highest BCUT2D eigenvalue weighted by Crippen LogP contribution is 2.12. The predicted molar refractivity (Wildman–Crippen MR) is 67.9 cm³/mol. The molecule has 96 valence electrons. The van der Waals surface area contributed by atoms with Gasteiger partial charge in [-0.05, 0) is 27.9 Å². The van der Waals surface area contributed by atoms with Crippen LogP contribution in [-0.4, -0.2) is 47.8 Å². The maximum atomic E-state index is 11.8. The number of nitrogens with zero attached hydrogens (tertiary/aromatic N) is 3. The van der Waals surface area contributed by atoms with Gasteiger partial charge in [0.05, 0.1) is 5.69 Å². The van der Waals surface area contributed by atoms with Gasteiger partial charge in [-0.15, -0.1) is 0 Å². The molecule has 6 heteroatoms. The van der Waals surface area contributed by atoms with Crippen LogP contribution in [0.5, 0.6) is 0 Å². The smallest absolute Gasteiger partial charge is 0.273 e. The Balaban J connectivity index is 2.62. The molecule has 0 atom stereocenters. The number of nitrogens with one attached hydrogen (secondary N) is 1. The zero-order valence-electron chi connectivity index (χ0n) is 10.9. The summed E-state index contributed by atoms with van der Waals surface area (Å²) in [7, 11) is 3.90. The van der Waals surface area contributed by atoms with E-state index in [1.807, 2.05) is 32.8 Å². The number of carbonyl (C=O) groups is 1. The first-order valence-corrected chi connectivity index (χ1v) is 5.69. The normalized spacial score (nSPS) is 11.2. The lowest BCUT2D eigenvalue weighted by Gasteiger charge is -2.09. The van der Waals surface area contributed by atoms with Gasteiger partial charge in [-0.25, -0.2) is 0 Å². The van der Waals surface area contributed by atoms with E-state index in [2.05, 4.69) is 10.4 Å². The second-order valence-corrected chi connectivity index (χ2v) is 4.57. The molecular formula is C11H21N5O. The Kier molecular flexibility index (Phi) is 4.51. The van der Waals surface area contributed by atoms with E-state index in [0.717, 1.165) is 6.54 Å². The van der Waals surface area contributed by atoms with E-state index in [1.54, 1.807) is 10.9 Å². The third kappa shape index (κ3) is 3.74. The molecule has 0 bridgehead atoms. The van der Waals surface area contributed by atoms with Gasteiger partial charge in [-0.2, -0.15) is 5.10 Å². The summed E-state index contributed by atoms with van der Waals surface area (Å²) in [5.41, 5.74) is 6.48. The molecule has 6 nitrogen and oxygen atoms in total. The number of hydrogen-bond acceptors (Lipinski definition) is 4. The van der Waals surface area contributed by atoms with Gasteiger partial charge in [0.2, 0.25) is 0 Å². The Morgan fingerprint density at radius 3 is 2.71 bits per heavy atom. The molecule has 1 aromatic rings. The number of amides is 1. The number of likely N-dealkylation sites (N-methyl/N-ethyl adjacent to an activating group) is 1. The Labute approximate surface area is 102 Å². The number of rotatable bonds is 5. The lowest BCUT2D eigenvalue weighted by molar-refractivity contribution is 0.0946. The highest BCUT2D eigenvalue weighted by Gasteiger charge is 2.15. The Bertz CT molecular complexity index is 383. The van der Waals surface area contributed by atoms with Crippen LogP contribution in [0, 0.1) is 0 Å². The van der Waals surface area contributed by atoms with Crippen molar-refractivity contribution in [1.82, 2.24) is 20.0 Å². The summed E-state index contributed by atoms with van der Waals surface area (Å²) in [4.78, 5) is 13.8. The minimum absolute atomic E-state index is 0.195. The van der Waals surface area contributed by atoms with E-state index < -0.39 is 0 Å². The lowest BCUT2D eigenvalue weighted by atomic mass is 10.3. The fraction of sp³-hybridized carbons (Fsp3) is 0.636. The van der Waals surface area contributed by atoms with E-state index in [-0.39, 0.29) is 11.9 Å². The van der Waals surface area contributed by atoms with Crippen molar-refractivity contribution >= 4 is 11.6 Å². The lowest BCUT2D eigenvalue weighted by Crippen LogP contribution is -2.32. The van der Waals surface area contributed by atoms with Crippen molar-refractivity contribution in [2.75, 3.05) is 32.9 Å². The molecule has 0 aliphatic rings. The summed E-state index contributed by atoms with van der Waals surface area (Å²) in [6.07, 6.45) is 1.69. The van der Waals surface area contributed by atoms with Gasteiger partial charge in [0.15, 0.2) is 5.69 Å². The van der Waals surface area contributed by atoms with Crippen molar-refractivity contribution < 1.29 is 4.79 Å². The van der Waals surface area contributed by atoms with E-state index in [0.29, 0.717) is 17.9 Å². The van der Waals surface area contributed by atoms with E-state index in [4.69, 9.17) is 5.73 Å². The summed E-state index contributed by atoms with van der Waals surface area (Å²) in [5.74, 6) is -0.219. The van der Waals surface area contributed by atoms with Crippen LogP contribution in [0.4, 0.5) is 5.69 Å². The largest absolute Gasteiger partial charge is 0.396 e. The van der Waals surface area contributed by atoms with Crippen molar-refractivity contribution in [3.63, 3.8) is 0 Å². The van der Waals surface area contributed by atoms with Gasteiger partial charge in [0.25, 0.3) is 5.91 Å². The fourth-order valence-electron chi connectivity index (χ4n) is 1.32. The van der Waals surface area contributed by atoms with Gasteiger partial charge in [-0.3, -0.25) is 9.48 Å². The molecule has 0 fully saturated rings. The molecule has 0 aromatic carbocycles. The maximum Gasteiger partial charge on any atom is 0.273 e. The van der Waals surface area contributed by atoms with Gasteiger partial charge in [0.1, 0.15) is 0 Å². The molecule has 1 aromatic heterocycles. The number of hydrogen-bond donors (Lipinski definition) is 2. The fourth-order valence-corrected chi connectivity index (χ4v) is 1.32. The van der Waals surface area contributed by atoms with Crippen LogP contribution >= 0.6 is 0 Å². The van der Waals surface area contributed by atoms with Gasteiger partial charge >= 0.3 is 0 Å². The maximum absolute atomic E-state index is 11.8. The molecule has 0 unspecified atom stereocenters. The third-order valence-corrected chi connectivity index (χ3v) is 2.35. The van der Waals surface area contributed by atoms with Crippen LogP contribution in [0.25, 0.3) is 0 Å². The number of aromatic nitrogens is 2. The van der Waals surface area contributed by atoms with Crippen LogP contribution in [0.3, 0.4) is 0 Å². The number of anilines is 1. The Morgan fingerprint density at radius 2 is 2.24 bits per heavy atom. The standard InChI is InChI=1S/C11H21N5O/c1-8(2)16-7-9(12)10(14-16)11(17)13-5-6-15(3)4/h7-8H,5-6,12H2,1-4H3,(H,13,17).